The molecular formula is C12H15NO3S. The Labute approximate surface area is 103 Å². The van der Waals surface area contributed by atoms with Gasteiger partial charge < -0.3 is 9.64 Å². The Morgan fingerprint density at radius 1 is 1.53 bits per heavy atom. The summed E-state index contributed by atoms with van der Waals surface area (Å²) < 4.78 is 16.2. The first-order chi connectivity index (χ1) is 8.11. The molecule has 0 unspecified atom stereocenters. The van der Waals surface area contributed by atoms with Crippen LogP contribution in [0.5, 0.6) is 5.75 Å². The third kappa shape index (κ3) is 2.49. The van der Waals surface area contributed by atoms with Crippen LogP contribution < -0.4 is 9.64 Å². The Kier molecular flexibility index (Phi) is 3.47. The largest absolute Gasteiger partial charge is 0.497 e. The zero-order valence-electron chi connectivity index (χ0n) is 9.93. The van der Waals surface area contributed by atoms with Crippen molar-refractivity contribution in [1.29, 1.82) is 0 Å². The number of nitrogens with zero attached hydrogens (tertiary/aromatic N) is 1. The van der Waals surface area contributed by atoms with Crippen LogP contribution in [0.25, 0.3) is 0 Å². The maximum atomic E-state index is 11.9. The van der Waals surface area contributed by atoms with Crippen LogP contribution in [0.4, 0.5) is 5.69 Å². The van der Waals surface area contributed by atoms with Crippen LogP contribution in [0.3, 0.4) is 0 Å². The van der Waals surface area contributed by atoms with Crippen LogP contribution in [0, 0.1) is 0 Å². The molecule has 5 heteroatoms. The van der Waals surface area contributed by atoms with E-state index in [1.54, 1.807) is 18.3 Å². The first kappa shape index (κ1) is 12.1. The number of hydrogen-bond donors (Lipinski definition) is 0. The van der Waals surface area contributed by atoms with Crippen molar-refractivity contribution in [3.05, 3.63) is 23.8 Å². The Hall–Kier alpha value is -1.36. The van der Waals surface area contributed by atoms with Crippen molar-refractivity contribution in [2.45, 2.75) is 6.42 Å². The molecule has 1 heterocycles. The van der Waals surface area contributed by atoms with Gasteiger partial charge in [-0.05, 0) is 30.2 Å². The normalized spacial score (nSPS) is 15.5. The molecule has 0 saturated carbocycles. The number of anilines is 1. The van der Waals surface area contributed by atoms with E-state index in [0.29, 0.717) is 6.54 Å². The van der Waals surface area contributed by atoms with Gasteiger partial charge in [0.1, 0.15) is 11.5 Å². The Morgan fingerprint density at radius 3 is 2.94 bits per heavy atom. The van der Waals surface area contributed by atoms with E-state index < -0.39 is 10.8 Å². The zero-order valence-corrected chi connectivity index (χ0v) is 10.8. The minimum Gasteiger partial charge on any atom is -0.497 e. The molecule has 0 fully saturated rings. The average molecular weight is 253 g/mol. The molecule has 1 aliphatic heterocycles. The van der Waals surface area contributed by atoms with E-state index in [4.69, 9.17) is 4.74 Å². The minimum absolute atomic E-state index is 0.0743. The Bertz CT molecular complexity index is 473. The van der Waals surface area contributed by atoms with Gasteiger partial charge in [-0.3, -0.25) is 9.00 Å². The molecule has 0 aromatic heterocycles. The van der Waals surface area contributed by atoms with E-state index in [2.05, 4.69) is 0 Å². The lowest BCUT2D eigenvalue weighted by Gasteiger charge is -2.16. The van der Waals surface area contributed by atoms with Crippen molar-refractivity contribution in [3.63, 3.8) is 0 Å². The number of rotatable bonds is 3. The summed E-state index contributed by atoms with van der Waals surface area (Å²) in [7, 11) is 0.534. The highest BCUT2D eigenvalue weighted by Gasteiger charge is 2.25. The molecule has 1 aromatic carbocycles. The Morgan fingerprint density at radius 2 is 2.29 bits per heavy atom. The van der Waals surface area contributed by atoms with E-state index >= 15 is 0 Å². The van der Waals surface area contributed by atoms with E-state index in [0.717, 1.165) is 23.4 Å². The number of methoxy groups -OCH3 is 1. The van der Waals surface area contributed by atoms with Crippen LogP contribution in [0.15, 0.2) is 18.2 Å². The summed E-state index contributed by atoms with van der Waals surface area (Å²) in [5.41, 5.74) is 2.03. The van der Waals surface area contributed by atoms with Crippen molar-refractivity contribution >= 4 is 22.4 Å². The maximum Gasteiger partial charge on any atom is 0.239 e. The van der Waals surface area contributed by atoms with Crippen molar-refractivity contribution < 1.29 is 13.7 Å². The van der Waals surface area contributed by atoms with Crippen LogP contribution in [-0.2, 0) is 22.0 Å². The first-order valence-corrected chi connectivity index (χ1v) is 7.12. The quantitative estimate of drug-likeness (QED) is 0.806. The van der Waals surface area contributed by atoms with Crippen molar-refractivity contribution in [1.82, 2.24) is 0 Å². The lowest BCUT2D eigenvalue weighted by molar-refractivity contribution is -0.116. The van der Waals surface area contributed by atoms with Crippen LogP contribution >= 0.6 is 0 Å². The lowest BCUT2D eigenvalue weighted by Crippen LogP contribution is -2.32. The summed E-state index contributed by atoms with van der Waals surface area (Å²) in [5.74, 6) is 0.817. The van der Waals surface area contributed by atoms with Crippen molar-refractivity contribution in [3.8, 4) is 5.75 Å². The predicted octanol–water partition coefficient (Wildman–Crippen LogP) is 0.963. The van der Waals surface area contributed by atoms with Gasteiger partial charge >= 0.3 is 0 Å². The monoisotopic (exact) mass is 253 g/mol. The fourth-order valence-corrected chi connectivity index (χ4v) is 2.52. The third-order valence-corrected chi connectivity index (χ3v) is 3.46. The number of carbonyl (C=O) groups excluding carboxylic acids is 1. The highest BCUT2D eigenvalue weighted by Crippen LogP contribution is 2.31. The highest BCUT2D eigenvalue weighted by atomic mass is 32.2. The number of carbonyl (C=O) groups is 1. The van der Waals surface area contributed by atoms with Gasteiger partial charge in [-0.25, -0.2) is 0 Å². The molecule has 0 aliphatic carbocycles. The molecule has 0 saturated heterocycles. The number of benzene rings is 1. The molecule has 1 atom stereocenters. The predicted molar refractivity (Wildman–Crippen MR) is 68.0 cm³/mol. The van der Waals surface area contributed by atoms with Gasteiger partial charge in [-0.15, -0.1) is 0 Å². The summed E-state index contributed by atoms with van der Waals surface area (Å²) in [6, 6.07) is 5.68. The Balaban J connectivity index is 2.22. The SMILES string of the molecule is COc1ccc2c(c1)CCN2C(=O)C[S@@](C)=O. The fourth-order valence-electron chi connectivity index (χ4n) is 2.02. The number of amides is 1. The maximum absolute atomic E-state index is 11.9. The zero-order chi connectivity index (χ0) is 12.4. The second kappa shape index (κ2) is 4.87. The third-order valence-electron chi connectivity index (χ3n) is 2.81. The van der Waals surface area contributed by atoms with Gasteiger partial charge in [0.25, 0.3) is 0 Å². The van der Waals surface area contributed by atoms with Crippen molar-refractivity contribution in [2.24, 2.45) is 0 Å². The summed E-state index contributed by atoms with van der Waals surface area (Å²) >= 11 is 0. The standard InChI is InChI=1S/C12H15NO3S/c1-16-10-3-4-11-9(7-10)5-6-13(11)12(14)8-17(2)15/h3-4,7H,5-6,8H2,1-2H3/t17-/m1/s1. The second-order valence-corrected chi connectivity index (χ2v) is 5.44. The first-order valence-electron chi connectivity index (χ1n) is 5.39. The molecule has 0 spiro atoms. The van der Waals surface area contributed by atoms with Crippen molar-refractivity contribution in [2.75, 3.05) is 30.6 Å². The molecule has 17 heavy (non-hydrogen) atoms. The smallest absolute Gasteiger partial charge is 0.239 e. The minimum atomic E-state index is -1.09. The number of ether oxygens (including phenoxy) is 1. The van der Waals surface area contributed by atoms with E-state index in [9.17, 15) is 9.00 Å². The molecule has 1 aromatic rings. The fraction of sp³-hybridized carbons (Fsp3) is 0.417. The molecule has 1 aliphatic rings. The van der Waals surface area contributed by atoms with Gasteiger partial charge in [-0.1, -0.05) is 0 Å². The number of fused-ring (bicyclic) bond motifs is 1. The molecule has 4 nitrogen and oxygen atoms in total. The van der Waals surface area contributed by atoms with Gasteiger partial charge in [0.15, 0.2) is 0 Å². The topological polar surface area (TPSA) is 46.6 Å². The molecule has 0 N–H and O–H groups in total. The van der Waals surface area contributed by atoms with Crippen LogP contribution in [0.1, 0.15) is 5.56 Å². The molecule has 0 radical (unpaired) electrons. The molecule has 92 valence electrons. The molecule has 2 rings (SSSR count). The average Bonchev–Trinajstić information content (AvgIpc) is 2.70. The van der Waals surface area contributed by atoms with Crippen LogP contribution in [0.2, 0.25) is 0 Å². The second-order valence-electron chi connectivity index (χ2n) is 4.01. The summed E-state index contributed by atoms with van der Waals surface area (Å²) in [6.45, 7) is 0.665. The highest BCUT2D eigenvalue weighted by molar-refractivity contribution is 7.85. The van der Waals surface area contributed by atoms with E-state index in [1.165, 1.54) is 0 Å². The summed E-state index contributed by atoms with van der Waals surface area (Å²) in [4.78, 5) is 13.6. The number of hydrogen-bond acceptors (Lipinski definition) is 3. The van der Waals surface area contributed by atoms with Gasteiger partial charge in [0, 0.05) is 29.3 Å². The van der Waals surface area contributed by atoms with Gasteiger partial charge in [0.2, 0.25) is 5.91 Å². The van der Waals surface area contributed by atoms with E-state index in [1.807, 2.05) is 18.2 Å². The summed E-state index contributed by atoms with van der Waals surface area (Å²) in [6.07, 6.45) is 2.37. The summed E-state index contributed by atoms with van der Waals surface area (Å²) in [5, 5.41) is 0. The van der Waals surface area contributed by atoms with Crippen LogP contribution in [-0.4, -0.2) is 35.8 Å². The lowest BCUT2D eigenvalue weighted by atomic mass is 10.1. The van der Waals surface area contributed by atoms with Gasteiger partial charge in [0.05, 0.1) is 7.11 Å². The molecule has 0 bridgehead atoms. The van der Waals surface area contributed by atoms with Gasteiger partial charge in [-0.2, -0.15) is 0 Å². The molecular weight excluding hydrogens is 238 g/mol. The molecule has 1 amide bonds. The van der Waals surface area contributed by atoms with E-state index in [-0.39, 0.29) is 11.7 Å².